The fourth-order valence-electron chi connectivity index (χ4n) is 5.50. The molecule has 0 saturated heterocycles. The number of unbranched alkanes of at least 4 members (excludes halogenated alkanes) is 13. The summed E-state index contributed by atoms with van der Waals surface area (Å²) in [6, 6.07) is 0. The normalized spacial score (nSPS) is 14.3. The van der Waals surface area contributed by atoms with Gasteiger partial charge in [-0.2, -0.15) is 0 Å². The zero-order valence-corrected chi connectivity index (χ0v) is 37.7. The van der Waals surface area contributed by atoms with E-state index in [1.165, 1.54) is 38.5 Å². The molecule has 1 unspecified atom stereocenters. The summed E-state index contributed by atoms with van der Waals surface area (Å²) in [5.41, 5.74) is 0. The summed E-state index contributed by atoms with van der Waals surface area (Å²) < 4.78 is 34.3. The zero-order chi connectivity index (χ0) is 42.1. The van der Waals surface area contributed by atoms with Gasteiger partial charge in [-0.05, 0) is 83.5 Å². The topological polar surface area (TPSA) is 108 Å². The lowest BCUT2D eigenvalue weighted by atomic mass is 10.1. The van der Waals surface area contributed by atoms with Crippen LogP contribution in [-0.4, -0.2) is 74.9 Å². The lowest BCUT2D eigenvalue weighted by Crippen LogP contribution is -2.37. The smallest absolute Gasteiger partial charge is 0.462 e. The maximum absolute atomic E-state index is 12.7. The third kappa shape index (κ3) is 42.9. The monoisotopic (exact) mass is 821 g/mol. The highest BCUT2D eigenvalue weighted by Crippen LogP contribution is 2.43. The highest BCUT2D eigenvalue weighted by molar-refractivity contribution is 7.47. The molecule has 10 heteroatoms. The number of allylic oxidation sites excluding steroid dienone is 12. The molecular weight excluding hydrogens is 737 g/mol. The van der Waals surface area contributed by atoms with E-state index in [-0.39, 0.29) is 26.1 Å². The van der Waals surface area contributed by atoms with Crippen molar-refractivity contribution in [1.82, 2.24) is 0 Å². The van der Waals surface area contributed by atoms with Crippen molar-refractivity contribution in [3.05, 3.63) is 72.9 Å². The zero-order valence-electron chi connectivity index (χ0n) is 36.8. The Balaban J connectivity index is 4.44. The van der Waals surface area contributed by atoms with Gasteiger partial charge in [0.1, 0.15) is 19.8 Å². The molecule has 0 fully saturated rings. The van der Waals surface area contributed by atoms with E-state index in [1.54, 1.807) is 0 Å². The Labute approximate surface area is 348 Å². The van der Waals surface area contributed by atoms with Crippen LogP contribution in [-0.2, 0) is 32.7 Å². The van der Waals surface area contributed by atoms with Gasteiger partial charge >= 0.3 is 19.8 Å². The van der Waals surface area contributed by atoms with Crippen LogP contribution in [0.3, 0.4) is 0 Å². The minimum atomic E-state index is -4.39. The average molecular weight is 821 g/mol. The minimum absolute atomic E-state index is 0.0210. The molecule has 0 aliphatic carbocycles. The van der Waals surface area contributed by atoms with Crippen LogP contribution in [0.1, 0.15) is 162 Å². The Hall–Kier alpha value is -2.55. The molecule has 0 saturated carbocycles. The van der Waals surface area contributed by atoms with E-state index < -0.39 is 32.5 Å². The van der Waals surface area contributed by atoms with Crippen molar-refractivity contribution in [2.24, 2.45) is 0 Å². The summed E-state index contributed by atoms with van der Waals surface area (Å²) in [5.74, 6) is -0.852. The molecule has 0 aliphatic rings. The molecular formula is C47H83NO8P+. The number of hydrogen-bond acceptors (Lipinski definition) is 7. The van der Waals surface area contributed by atoms with Gasteiger partial charge in [-0.25, -0.2) is 4.57 Å². The highest BCUT2D eigenvalue weighted by Gasteiger charge is 2.27. The Morgan fingerprint density at radius 2 is 1.00 bits per heavy atom. The van der Waals surface area contributed by atoms with Crippen molar-refractivity contribution < 1.29 is 42.1 Å². The van der Waals surface area contributed by atoms with Crippen molar-refractivity contribution in [2.45, 2.75) is 168 Å². The first kappa shape index (κ1) is 54.5. The van der Waals surface area contributed by atoms with Crippen LogP contribution in [0.15, 0.2) is 72.9 Å². The molecule has 1 N–H and O–H groups in total. The molecule has 0 amide bonds. The predicted molar refractivity (Wildman–Crippen MR) is 238 cm³/mol. The average Bonchev–Trinajstić information content (AvgIpc) is 3.16. The summed E-state index contributed by atoms with van der Waals surface area (Å²) in [4.78, 5) is 35.4. The third-order valence-corrected chi connectivity index (χ3v) is 9.95. The van der Waals surface area contributed by atoms with Gasteiger partial charge in [0.25, 0.3) is 0 Å². The Morgan fingerprint density at radius 3 is 1.53 bits per heavy atom. The molecule has 0 spiro atoms. The van der Waals surface area contributed by atoms with Gasteiger partial charge in [0, 0.05) is 12.8 Å². The molecule has 0 heterocycles. The van der Waals surface area contributed by atoms with Crippen LogP contribution in [0, 0.1) is 0 Å². The predicted octanol–water partition coefficient (Wildman–Crippen LogP) is 12.6. The van der Waals surface area contributed by atoms with Crippen molar-refractivity contribution >= 4 is 19.8 Å². The molecule has 0 radical (unpaired) electrons. The van der Waals surface area contributed by atoms with Gasteiger partial charge in [-0.15, -0.1) is 0 Å². The van der Waals surface area contributed by atoms with Gasteiger partial charge in [0.15, 0.2) is 6.10 Å². The Bertz CT molecular complexity index is 1200. The number of hydrogen-bond donors (Lipinski definition) is 1. The SMILES string of the molecule is CC/C=C/C/C=C/C/C=C/C/C=C/C/C=C/CCCCCC(=O)OC[C@@H](COP(=O)(O)OCC[N+](C)(C)C)OC(=O)CCCCCCC/C=C/CCCCCCC. The van der Waals surface area contributed by atoms with Crippen molar-refractivity contribution in [1.29, 1.82) is 0 Å². The van der Waals surface area contributed by atoms with E-state index in [2.05, 4.69) is 86.8 Å². The third-order valence-electron chi connectivity index (χ3n) is 8.97. The van der Waals surface area contributed by atoms with E-state index in [4.69, 9.17) is 18.5 Å². The van der Waals surface area contributed by atoms with Crippen LogP contribution in [0.2, 0.25) is 0 Å². The second-order valence-electron chi connectivity index (χ2n) is 15.7. The lowest BCUT2D eigenvalue weighted by molar-refractivity contribution is -0.870. The maximum atomic E-state index is 12.7. The van der Waals surface area contributed by atoms with Gasteiger partial charge in [-0.3, -0.25) is 18.6 Å². The largest absolute Gasteiger partial charge is 0.472 e. The number of quaternary nitrogens is 1. The molecule has 328 valence electrons. The lowest BCUT2D eigenvalue weighted by Gasteiger charge is -2.24. The Morgan fingerprint density at radius 1 is 0.561 bits per heavy atom. The number of phosphoric acid groups is 1. The maximum Gasteiger partial charge on any atom is 0.472 e. The number of esters is 2. The number of nitrogens with zero attached hydrogens (tertiary/aromatic N) is 1. The van der Waals surface area contributed by atoms with Gasteiger partial charge in [-0.1, -0.05) is 138 Å². The van der Waals surface area contributed by atoms with Crippen LogP contribution >= 0.6 is 7.82 Å². The molecule has 9 nitrogen and oxygen atoms in total. The summed E-state index contributed by atoms with van der Waals surface area (Å²) in [6.45, 7) is 4.23. The van der Waals surface area contributed by atoms with Crippen LogP contribution in [0.5, 0.6) is 0 Å². The number of carbonyl (C=O) groups excluding carboxylic acids is 2. The molecule has 0 aromatic carbocycles. The fourth-order valence-corrected chi connectivity index (χ4v) is 6.25. The molecule has 0 bridgehead atoms. The number of carbonyl (C=O) groups is 2. The fraction of sp³-hybridized carbons (Fsp3) is 0.702. The first-order valence-electron chi connectivity index (χ1n) is 22.2. The van der Waals surface area contributed by atoms with Gasteiger partial charge in [0.05, 0.1) is 27.7 Å². The van der Waals surface area contributed by atoms with E-state index in [0.717, 1.165) is 83.5 Å². The summed E-state index contributed by atoms with van der Waals surface area (Å²) >= 11 is 0. The summed E-state index contributed by atoms with van der Waals surface area (Å²) in [5, 5.41) is 0. The van der Waals surface area contributed by atoms with Crippen molar-refractivity contribution in [3.63, 3.8) is 0 Å². The quantitative estimate of drug-likeness (QED) is 0.0215. The molecule has 57 heavy (non-hydrogen) atoms. The number of phosphoric ester groups is 1. The van der Waals surface area contributed by atoms with Crippen molar-refractivity contribution in [2.75, 3.05) is 47.5 Å². The number of ether oxygens (including phenoxy) is 2. The van der Waals surface area contributed by atoms with Crippen molar-refractivity contribution in [3.8, 4) is 0 Å². The molecule has 0 aliphatic heterocycles. The number of rotatable bonds is 39. The summed E-state index contributed by atoms with van der Waals surface area (Å²) in [6.07, 6.45) is 48.0. The molecule has 2 atom stereocenters. The van der Waals surface area contributed by atoms with E-state index in [1.807, 2.05) is 21.1 Å². The highest BCUT2D eigenvalue weighted by atomic mass is 31.2. The first-order valence-corrected chi connectivity index (χ1v) is 23.7. The van der Waals surface area contributed by atoms with Crippen LogP contribution < -0.4 is 0 Å². The van der Waals surface area contributed by atoms with Crippen LogP contribution in [0.25, 0.3) is 0 Å². The minimum Gasteiger partial charge on any atom is -0.462 e. The second kappa shape index (κ2) is 38.9. The standard InChI is InChI=1S/C47H82NO8P/c1-6-8-10-12-14-16-18-20-22-23-24-25-26-28-29-31-33-35-37-39-46(49)53-43-45(44-55-57(51,52)54-42-41-48(3,4)5)56-47(50)40-38-36-34-32-30-27-21-19-17-15-13-11-9-7-2/h8,10,14,16,19-22,24-25,28-29,45H,6-7,9,11-13,15,17-18,23,26-27,30-44H2,1-5H3/p+1/b10-8+,16-14+,21-19+,22-20+,25-24+,29-28+/t45-/m0/s1. The summed E-state index contributed by atoms with van der Waals surface area (Å²) in [7, 11) is 1.44. The second-order valence-corrected chi connectivity index (χ2v) is 17.1. The van der Waals surface area contributed by atoms with E-state index in [9.17, 15) is 19.0 Å². The van der Waals surface area contributed by atoms with Gasteiger partial charge < -0.3 is 18.9 Å². The van der Waals surface area contributed by atoms with E-state index in [0.29, 0.717) is 23.9 Å². The molecule has 0 aromatic rings. The molecule has 0 rings (SSSR count). The molecule has 0 aromatic heterocycles. The first-order chi connectivity index (χ1) is 27.5. The Kier molecular flexibility index (Phi) is 37.2. The van der Waals surface area contributed by atoms with Gasteiger partial charge in [0.2, 0.25) is 0 Å². The van der Waals surface area contributed by atoms with Crippen LogP contribution in [0.4, 0.5) is 0 Å². The number of likely N-dealkylation sites (N-methyl/N-ethyl adjacent to an activating group) is 1. The van der Waals surface area contributed by atoms with E-state index >= 15 is 0 Å².